The van der Waals surface area contributed by atoms with E-state index in [0.29, 0.717) is 13.1 Å². The SMILES string of the molecule is Fc1ccc(F)c([C@@H](c2cccs2)N2CCNCC2)c1F. The van der Waals surface area contributed by atoms with Crippen molar-refractivity contribution < 1.29 is 13.2 Å². The van der Waals surface area contributed by atoms with E-state index in [9.17, 15) is 13.2 Å². The van der Waals surface area contributed by atoms with Crippen LogP contribution in [-0.2, 0) is 0 Å². The Bertz CT molecular complexity index is 610. The Labute approximate surface area is 125 Å². The highest BCUT2D eigenvalue weighted by Crippen LogP contribution is 2.35. The van der Waals surface area contributed by atoms with Crippen LogP contribution in [0.1, 0.15) is 16.5 Å². The summed E-state index contributed by atoms with van der Waals surface area (Å²) in [5, 5.41) is 5.07. The molecule has 1 aromatic heterocycles. The van der Waals surface area contributed by atoms with Crippen LogP contribution in [0.25, 0.3) is 0 Å². The second-order valence-electron chi connectivity index (χ2n) is 4.96. The van der Waals surface area contributed by atoms with Gasteiger partial charge in [0.1, 0.15) is 5.82 Å². The highest BCUT2D eigenvalue weighted by molar-refractivity contribution is 7.10. The van der Waals surface area contributed by atoms with Crippen molar-refractivity contribution in [3.8, 4) is 0 Å². The van der Waals surface area contributed by atoms with Crippen molar-refractivity contribution in [1.29, 1.82) is 0 Å². The van der Waals surface area contributed by atoms with Gasteiger partial charge in [-0.3, -0.25) is 4.90 Å². The number of hydrogen-bond donors (Lipinski definition) is 1. The number of hydrogen-bond acceptors (Lipinski definition) is 3. The van der Waals surface area contributed by atoms with Crippen molar-refractivity contribution in [3.05, 3.63) is 57.5 Å². The molecule has 0 radical (unpaired) electrons. The lowest BCUT2D eigenvalue weighted by Gasteiger charge is -2.35. The van der Waals surface area contributed by atoms with Gasteiger partial charge in [-0.2, -0.15) is 0 Å². The minimum Gasteiger partial charge on any atom is -0.314 e. The maximum atomic E-state index is 14.2. The van der Waals surface area contributed by atoms with E-state index in [1.165, 1.54) is 11.3 Å². The van der Waals surface area contributed by atoms with E-state index in [4.69, 9.17) is 0 Å². The first-order chi connectivity index (χ1) is 10.2. The molecule has 1 atom stereocenters. The van der Waals surface area contributed by atoms with Crippen LogP contribution >= 0.6 is 11.3 Å². The van der Waals surface area contributed by atoms with E-state index < -0.39 is 23.5 Å². The zero-order valence-corrected chi connectivity index (χ0v) is 12.1. The maximum absolute atomic E-state index is 14.2. The van der Waals surface area contributed by atoms with Crippen LogP contribution in [-0.4, -0.2) is 31.1 Å². The molecule has 0 spiro atoms. The summed E-state index contributed by atoms with van der Waals surface area (Å²) in [6, 6.07) is 4.92. The Kier molecular flexibility index (Phi) is 4.28. The van der Waals surface area contributed by atoms with Crippen LogP contribution in [0.4, 0.5) is 13.2 Å². The fourth-order valence-electron chi connectivity index (χ4n) is 2.69. The Hall–Kier alpha value is -1.37. The number of piperazine rings is 1. The first-order valence-electron chi connectivity index (χ1n) is 6.80. The predicted octanol–water partition coefficient (Wildman–Crippen LogP) is 3.16. The van der Waals surface area contributed by atoms with Gasteiger partial charge >= 0.3 is 0 Å². The zero-order chi connectivity index (χ0) is 14.8. The van der Waals surface area contributed by atoms with E-state index in [-0.39, 0.29) is 5.56 Å². The first kappa shape index (κ1) is 14.6. The molecule has 1 aliphatic heterocycles. The lowest BCUT2D eigenvalue weighted by molar-refractivity contribution is 0.193. The van der Waals surface area contributed by atoms with Gasteiger partial charge in [0.2, 0.25) is 0 Å². The molecule has 2 heterocycles. The second kappa shape index (κ2) is 6.17. The molecule has 0 aliphatic carbocycles. The topological polar surface area (TPSA) is 15.3 Å². The van der Waals surface area contributed by atoms with Gasteiger partial charge in [-0.15, -0.1) is 11.3 Å². The van der Waals surface area contributed by atoms with Crippen molar-refractivity contribution in [1.82, 2.24) is 10.2 Å². The molecule has 1 N–H and O–H groups in total. The minimum atomic E-state index is -1.09. The molecular formula is C15H15F3N2S. The highest BCUT2D eigenvalue weighted by atomic mass is 32.1. The first-order valence-corrected chi connectivity index (χ1v) is 7.68. The summed E-state index contributed by atoms with van der Waals surface area (Å²) in [6.07, 6.45) is 0. The van der Waals surface area contributed by atoms with Crippen LogP contribution in [0.15, 0.2) is 29.6 Å². The molecule has 3 rings (SSSR count). The van der Waals surface area contributed by atoms with Crippen LogP contribution in [0, 0.1) is 17.5 Å². The molecule has 6 heteroatoms. The summed E-state index contributed by atoms with van der Waals surface area (Å²) in [4.78, 5) is 2.81. The summed E-state index contributed by atoms with van der Waals surface area (Å²) in [5.41, 5.74) is -0.195. The molecule has 2 aromatic rings. The standard InChI is InChI=1S/C15H15F3N2S/c16-10-3-4-11(17)14(18)13(10)15(12-2-1-9-21-12)20-7-5-19-6-8-20/h1-4,9,15,19H,5-8H2/t15-/m1/s1. The third-order valence-corrected chi connectivity index (χ3v) is 4.61. The Morgan fingerprint density at radius 3 is 2.43 bits per heavy atom. The fourth-order valence-corrected chi connectivity index (χ4v) is 3.55. The third-order valence-electron chi connectivity index (χ3n) is 3.68. The molecule has 1 saturated heterocycles. The fraction of sp³-hybridized carbons (Fsp3) is 0.333. The normalized spacial score (nSPS) is 17.9. The van der Waals surface area contributed by atoms with E-state index in [1.807, 2.05) is 22.4 Å². The van der Waals surface area contributed by atoms with Gasteiger partial charge in [0.05, 0.1) is 6.04 Å². The molecule has 21 heavy (non-hydrogen) atoms. The number of nitrogens with one attached hydrogen (secondary N) is 1. The summed E-state index contributed by atoms with van der Waals surface area (Å²) in [5.74, 6) is -2.80. The number of halogens is 3. The van der Waals surface area contributed by atoms with Crippen molar-refractivity contribution in [2.45, 2.75) is 6.04 Å². The van der Waals surface area contributed by atoms with Crippen LogP contribution < -0.4 is 5.32 Å². The van der Waals surface area contributed by atoms with Gasteiger partial charge in [-0.1, -0.05) is 6.07 Å². The molecule has 0 saturated carbocycles. The molecule has 1 aliphatic rings. The lowest BCUT2D eigenvalue weighted by Crippen LogP contribution is -2.45. The van der Waals surface area contributed by atoms with Gasteiger partial charge < -0.3 is 5.32 Å². The van der Waals surface area contributed by atoms with E-state index >= 15 is 0 Å². The zero-order valence-electron chi connectivity index (χ0n) is 11.3. The Morgan fingerprint density at radius 2 is 1.76 bits per heavy atom. The highest BCUT2D eigenvalue weighted by Gasteiger charge is 2.30. The number of nitrogens with zero attached hydrogens (tertiary/aromatic N) is 1. The summed E-state index contributed by atoms with van der Waals surface area (Å²) in [6.45, 7) is 2.83. The van der Waals surface area contributed by atoms with E-state index in [1.54, 1.807) is 0 Å². The number of thiophene rings is 1. The van der Waals surface area contributed by atoms with Gasteiger partial charge in [-0.25, -0.2) is 13.2 Å². The molecule has 112 valence electrons. The maximum Gasteiger partial charge on any atom is 0.166 e. The average Bonchev–Trinajstić information content (AvgIpc) is 3.02. The second-order valence-corrected chi connectivity index (χ2v) is 5.94. The summed E-state index contributed by atoms with van der Waals surface area (Å²) in [7, 11) is 0. The average molecular weight is 312 g/mol. The number of rotatable bonds is 3. The molecule has 0 amide bonds. The van der Waals surface area contributed by atoms with Gasteiger partial charge in [0, 0.05) is 36.6 Å². The Morgan fingerprint density at radius 1 is 1.05 bits per heavy atom. The van der Waals surface area contributed by atoms with Crippen molar-refractivity contribution in [2.24, 2.45) is 0 Å². The molecule has 1 aromatic carbocycles. The van der Waals surface area contributed by atoms with Crippen molar-refractivity contribution in [3.63, 3.8) is 0 Å². The van der Waals surface area contributed by atoms with Crippen LogP contribution in [0.3, 0.4) is 0 Å². The monoisotopic (exact) mass is 312 g/mol. The van der Waals surface area contributed by atoms with Crippen LogP contribution in [0.2, 0.25) is 0 Å². The molecular weight excluding hydrogens is 297 g/mol. The smallest absolute Gasteiger partial charge is 0.166 e. The largest absolute Gasteiger partial charge is 0.314 e. The Balaban J connectivity index is 2.09. The van der Waals surface area contributed by atoms with Crippen molar-refractivity contribution in [2.75, 3.05) is 26.2 Å². The quantitative estimate of drug-likeness (QED) is 0.876. The van der Waals surface area contributed by atoms with E-state index in [2.05, 4.69) is 5.32 Å². The molecule has 2 nitrogen and oxygen atoms in total. The number of benzene rings is 1. The predicted molar refractivity (Wildman–Crippen MR) is 76.9 cm³/mol. The third kappa shape index (κ3) is 2.84. The summed E-state index contributed by atoms with van der Waals surface area (Å²) < 4.78 is 41.9. The van der Waals surface area contributed by atoms with E-state index in [0.717, 1.165) is 30.1 Å². The van der Waals surface area contributed by atoms with Crippen molar-refractivity contribution >= 4 is 11.3 Å². The summed E-state index contributed by atoms with van der Waals surface area (Å²) >= 11 is 1.42. The minimum absolute atomic E-state index is 0.195. The molecule has 0 unspecified atom stereocenters. The van der Waals surface area contributed by atoms with Gasteiger partial charge in [0.25, 0.3) is 0 Å². The lowest BCUT2D eigenvalue weighted by atomic mass is 10.0. The van der Waals surface area contributed by atoms with Gasteiger partial charge in [-0.05, 0) is 23.6 Å². The molecule has 1 fully saturated rings. The molecule has 0 bridgehead atoms. The van der Waals surface area contributed by atoms with Gasteiger partial charge in [0.15, 0.2) is 11.6 Å². The van der Waals surface area contributed by atoms with Crippen LogP contribution in [0.5, 0.6) is 0 Å².